The van der Waals surface area contributed by atoms with Crippen LogP contribution in [0.2, 0.25) is 0 Å². The Balaban J connectivity index is 2.10. The molecule has 1 amide bonds. The van der Waals surface area contributed by atoms with E-state index < -0.39 is 0 Å². The van der Waals surface area contributed by atoms with E-state index in [9.17, 15) is 9.59 Å². The van der Waals surface area contributed by atoms with Crippen LogP contribution in [0.25, 0.3) is 16.7 Å². The van der Waals surface area contributed by atoms with Crippen molar-refractivity contribution < 1.29 is 4.79 Å². The van der Waals surface area contributed by atoms with Crippen LogP contribution in [0.15, 0.2) is 34.2 Å². The number of nitrogens with zero attached hydrogens (tertiary/aromatic N) is 4. The lowest BCUT2D eigenvalue weighted by molar-refractivity contribution is -0.121. The van der Waals surface area contributed by atoms with Crippen molar-refractivity contribution in [2.24, 2.45) is 0 Å². The fourth-order valence-electron chi connectivity index (χ4n) is 2.92. The molecular weight excluding hydrogens is 362 g/mol. The minimum atomic E-state index is -0.345. The predicted octanol–water partition coefficient (Wildman–Crippen LogP) is 2.85. The van der Waals surface area contributed by atoms with Crippen LogP contribution in [-0.2, 0) is 11.3 Å². The van der Waals surface area contributed by atoms with E-state index in [2.05, 4.69) is 15.5 Å². The number of nitrogens with one attached hydrogen (secondary N) is 1. The number of thioether (sulfide) groups is 1. The smallest absolute Gasteiger partial charge is 0.262 e. The van der Waals surface area contributed by atoms with Crippen LogP contribution in [-0.4, -0.2) is 35.9 Å². The number of fused-ring (bicyclic) bond motifs is 3. The molecule has 1 unspecified atom stereocenters. The summed E-state index contributed by atoms with van der Waals surface area (Å²) in [4.78, 5) is 25.3. The van der Waals surface area contributed by atoms with Gasteiger partial charge >= 0.3 is 0 Å². The van der Waals surface area contributed by atoms with Gasteiger partial charge in [-0.2, -0.15) is 0 Å². The molecule has 7 nitrogen and oxygen atoms in total. The van der Waals surface area contributed by atoms with Gasteiger partial charge < -0.3 is 5.32 Å². The molecule has 27 heavy (non-hydrogen) atoms. The average molecular weight is 388 g/mol. The maximum atomic E-state index is 12.8. The molecule has 0 aliphatic rings. The molecule has 0 saturated carbocycles. The standard InChI is InChI=1S/C19H25N5O2S/c1-6-11-23-16(26)13-9-7-8-10-14(13)24-17(23)21-22-18(24)27-12(2)15(25)20-19(3,4)5/h7-10,12H,6,11H2,1-5H3,(H,20,25). The van der Waals surface area contributed by atoms with E-state index in [1.807, 2.05) is 63.3 Å². The van der Waals surface area contributed by atoms with Crippen molar-refractivity contribution in [3.05, 3.63) is 34.6 Å². The van der Waals surface area contributed by atoms with E-state index in [0.29, 0.717) is 22.9 Å². The zero-order valence-electron chi connectivity index (χ0n) is 16.3. The molecule has 1 atom stereocenters. The second kappa shape index (κ2) is 7.34. The predicted molar refractivity (Wildman–Crippen MR) is 108 cm³/mol. The fraction of sp³-hybridized carbons (Fsp3) is 0.474. The molecule has 3 rings (SSSR count). The van der Waals surface area contributed by atoms with Gasteiger partial charge in [0.15, 0.2) is 5.16 Å². The highest BCUT2D eigenvalue weighted by Crippen LogP contribution is 2.25. The summed E-state index contributed by atoms with van der Waals surface area (Å²) in [5.74, 6) is 0.446. The van der Waals surface area contributed by atoms with Crippen LogP contribution >= 0.6 is 11.8 Å². The van der Waals surface area contributed by atoms with Gasteiger partial charge in [-0.25, -0.2) is 0 Å². The molecule has 0 radical (unpaired) electrons. The topological polar surface area (TPSA) is 81.3 Å². The third kappa shape index (κ3) is 3.85. The molecular formula is C19H25N5O2S. The molecule has 0 bridgehead atoms. The molecule has 1 aromatic carbocycles. The molecule has 8 heteroatoms. The van der Waals surface area contributed by atoms with Crippen LogP contribution in [0.1, 0.15) is 41.0 Å². The largest absolute Gasteiger partial charge is 0.351 e. The van der Waals surface area contributed by atoms with Gasteiger partial charge in [0, 0.05) is 12.1 Å². The Hall–Kier alpha value is -2.35. The second-order valence-corrected chi connectivity index (χ2v) is 8.90. The first-order valence-corrected chi connectivity index (χ1v) is 9.96. The van der Waals surface area contributed by atoms with Gasteiger partial charge in [0.25, 0.3) is 5.56 Å². The van der Waals surface area contributed by atoms with Crippen LogP contribution in [0.3, 0.4) is 0 Å². The Morgan fingerprint density at radius 2 is 1.96 bits per heavy atom. The first kappa shape index (κ1) is 19.4. The van der Waals surface area contributed by atoms with Crippen LogP contribution < -0.4 is 10.9 Å². The van der Waals surface area contributed by atoms with E-state index in [1.165, 1.54) is 11.8 Å². The molecule has 144 valence electrons. The number of aryl methyl sites for hydroxylation is 1. The zero-order chi connectivity index (χ0) is 19.8. The average Bonchev–Trinajstić information content (AvgIpc) is 3.00. The number of benzene rings is 1. The number of rotatable bonds is 5. The minimum Gasteiger partial charge on any atom is -0.351 e. The van der Waals surface area contributed by atoms with Gasteiger partial charge in [-0.05, 0) is 46.2 Å². The lowest BCUT2D eigenvalue weighted by Crippen LogP contribution is -2.44. The van der Waals surface area contributed by atoms with Crippen LogP contribution in [0, 0.1) is 0 Å². The number of carbonyl (C=O) groups is 1. The van der Waals surface area contributed by atoms with Crippen LogP contribution in [0.5, 0.6) is 0 Å². The van der Waals surface area contributed by atoms with E-state index in [1.54, 1.807) is 4.57 Å². The molecule has 2 heterocycles. The first-order chi connectivity index (χ1) is 12.7. The summed E-state index contributed by atoms with van der Waals surface area (Å²) >= 11 is 1.34. The Bertz CT molecular complexity index is 1050. The zero-order valence-corrected chi connectivity index (χ0v) is 17.1. The number of aromatic nitrogens is 4. The lowest BCUT2D eigenvalue weighted by Gasteiger charge is -2.22. The highest BCUT2D eigenvalue weighted by molar-refractivity contribution is 8.00. The normalized spacial score (nSPS) is 13.2. The minimum absolute atomic E-state index is 0.0598. The van der Waals surface area contributed by atoms with E-state index in [0.717, 1.165) is 11.9 Å². The molecule has 0 saturated heterocycles. The molecule has 0 fully saturated rings. The number of hydrogen-bond acceptors (Lipinski definition) is 5. The highest BCUT2D eigenvalue weighted by Gasteiger charge is 2.23. The Morgan fingerprint density at radius 3 is 2.63 bits per heavy atom. The SMILES string of the molecule is CCCn1c(=O)c2ccccc2n2c(SC(C)C(=O)NC(C)(C)C)nnc12. The monoisotopic (exact) mass is 387 g/mol. The Kier molecular flexibility index (Phi) is 5.28. The van der Waals surface area contributed by atoms with Crippen molar-refractivity contribution in [2.45, 2.75) is 63.5 Å². The van der Waals surface area contributed by atoms with Gasteiger partial charge in [-0.1, -0.05) is 30.8 Å². The van der Waals surface area contributed by atoms with Crippen LogP contribution in [0.4, 0.5) is 0 Å². The van der Waals surface area contributed by atoms with Crippen molar-refractivity contribution >= 4 is 34.3 Å². The molecule has 3 aromatic rings. The molecule has 0 aliphatic carbocycles. The summed E-state index contributed by atoms with van der Waals surface area (Å²) in [6.45, 7) is 10.3. The van der Waals surface area contributed by atoms with E-state index in [4.69, 9.17) is 0 Å². The maximum absolute atomic E-state index is 12.8. The van der Waals surface area contributed by atoms with Crippen molar-refractivity contribution in [1.29, 1.82) is 0 Å². The van der Waals surface area contributed by atoms with Gasteiger partial charge in [0.05, 0.1) is 16.2 Å². The maximum Gasteiger partial charge on any atom is 0.262 e. The Labute approximate surface area is 162 Å². The number of amides is 1. The summed E-state index contributed by atoms with van der Waals surface area (Å²) < 4.78 is 3.53. The summed E-state index contributed by atoms with van der Waals surface area (Å²) in [7, 11) is 0. The number of hydrogen-bond donors (Lipinski definition) is 1. The molecule has 0 spiro atoms. The van der Waals surface area contributed by atoms with Crippen molar-refractivity contribution in [3.63, 3.8) is 0 Å². The van der Waals surface area contributed by atoms with E-state index in [-0.39, 0.29) is 22.3 Å². The number of carbonyl (C=O) groups excluding carboxylic acids is 1. The van der Waals surface area contributed by atoms with Gasteiger partial charge in [0.2, 0.25) is 11.7 Å². The first-order valence-electron chi connectivity index (χ1n) is 9.08. The fourth-order valence-corrected chi connectivity index (χ4v) is 3.77. The summed E-state index contributed by atoms with van der Waals surface area (Å²) in [5.41, 5.74) is 0.385. The summed E-state index contributed by atoms with van der Waals surface area (Å²) in [6.07, 6.45) is 0.813. The molecule has 2 aromatic heterocycles. The van der Waals surface area contributed by atoms with Gasteiger partial charge in [-0.3, -0.25) is 18.6 Å². The quantitative estimate of drug-likeness (QED) is 0.681. The second-order valence-electron chi connectivity index (χ2n) is 7.59. The number of para-hydroxylation sites is 1. The molecule has 1 N–H and O–H groups in total. The highest BCUT2D eigenvalue weighted by atomic mass is 32.2. The molecule has 0 aliphatic heterocycles. The Morgan fingerprint density at radius 1 is 1.26 bits per heavy atom. The summed E-state index contributed by atoms with van der Waals surface area (Å²) in [6, 6.07) is 7.43. The summed E-state index contributed by atoms with van der Waals surface area (Å²) in [5, 5.41) is 12.4. The van der Waals surface area contributed by atoms with Gasteiger partial charge in [0.1, 0.15) is 0 Å². The van der Waals surface area contributed by atoms with Crippen molar-refractivity contribution in [1.82, 2.24) is 24.5 Å². The van der Waals surface area contributed by atoms with E-state index >= 15 is 0 Å². The lowest BCUT2D eigenvalue weighted by atomic mass is 10.1. The third-order valence-electron chi connectivity index (χ3n) is 4.08. The third-order valence-corrected chi connectivity index (χ3v) is 5.12. The van der Waals surface area contributed by atoms with Crippen molar-refractivity contribution in [3.8, 4) is 0 Å². The van der Waals surface area contributed by atoms with Gasteiger partial charge in [-0.15, -0.1) is 10.2 Å². The van der Waals surface area contributed by atoms with Crippen molar-refractivity contribution in [2.75, 3.05) is 0 Å².